The molecule has 0 atom stereocenters. The van der Waals surface area contributed by atoms with Crippen LogP contribution in [-0.4, -0.2) is 27.2 Å². The lowest BCUT2D eigenvalue weighted by Gasteiger charge is -2.06. The van der Waals surface area contributed by atoms with Crippen LogP contribution in [0, 0.1) is 11.6 Å². The van der Waals surface area contributed by atoms with Crippen molar-refractivity contribution in [3.63, 3.8) is 0 Å². The Hall–Kier alpha value is -2.74. The quantitative estimate of drug-likeness (QED) is 0.631. The molecule has 0 aliphatic rings. The van der Waals surface area contributed by atoms with Gasteiger partial charge in [-0.3, -0.25) is 4.79 Å². The average Bonchev–Trinajstić information content (AvgIpc) is 3.03. The molecular weight excluding hydrogens is 370 g/mol. The second-order valence-corrected chi connectivity index (χ2v) is 6.81. The first-order valence-electron chi connectivity index (χ1n) is 8.33. The van der Waals surface area contributed by atoms with Crippen molar-refractivity contribution in [2.24, 2.45) is 7.05 Å². The second kappa shape index (κ2) is 8.77. The van der Waals surface area contributed by atoms with Gasteiger partial charge in [0.2, 0.25) is 0 Å². The molecule has 1 aromatic heterocycles. The zero-order valence-electron chi connectivity index (χ0n) is 14.7. The molecule has 0 spiro atoms. The largest absolute Gasteiger partial charge is 0.352 e. The molecular formula is C19H18F2N4OS. The van der Waals surface area contributed by atoms with Crippen molar-refractivity contribution in [2.45, 2.75) is 17.3 Å². The highest BCUT2D eigenvalue weighted by molar-refractivity contribution is 7.98. The molecule has 0 aliphatic heterocycles. The van der Waals surface area contributed by atoms with Crippen molar-refractivity contribution < 1.29 is 13.6 Å². The van der Waals surface area contributed by atoms with E-state index < -0.39 is 17.5 Å². The number of benzene rings is 2. The molecule has 0 bridgehead atoms. The van der Waals surface area contributed by atoms with Crippen molar-refractivity contribution in [3.8, 4) is 0 Å². The number of amides is 1. The van der Waals surface area contributed by atoms with Gasteiger partial charge in [0, 0.05) is 31.3 Å². The van der Waals surface area contributed by atoms with E-state index in [1.807, 2.05) is 29.8 Å². The summed E-state index contributed by atoms with van der Waals surface area (Å²) in [7, 11) is 1.87. The van der Waals surface area contributed by atoms with Crippen LogP contribution in [0.3, 0.4) is 0 Å². The maximum absolute atomic E-state index is 13.2. The summed E-state index contributed by atoms with van der Waals surface area (Å²) in [6, 6.07) is 13.1. The first-order valence-corrected chi connectivity index (χ1v) is 9.31. The summed E-state index contributed by atoms with van der Waals surface area (Å²) < 4.78 is 28.0. The summed E-state index contributed by atoms with van der Waals surface area (Å²) in [6.45, 7) is 0.313. The average molecular weight is 388 g/mol. The first-order chi connectivity index (χ1) is 13.0. The Morgan fingerprint density at radius 1 is 1.11 bits per heavy atom. The van der Waals surface area contributed by atoms with Gasteiger partial charge in [0.05, 0.1) is 0 Å². The predicted molar refractivity (Wildman–Crippen MR) is 99.4 cm³/mol. The summed E-state index contributed by atoms with van der Waals surface area (Å²) in [6.07, 6.45) is 0.477. The van der Waals surface area contributed by atoms with Crippen molar-refractivity contribution >= 4 is 17.7 Å². The fourth-order valence-corrected chi connectivity index (χ4v) is 3.32. The molecule has 0 radical (unpaired) electrons. The Labute approximate surface area is 159 Å². The second-order valence-electron chi connectivity index (χ2n) is 5.87. The maximum atomic E-state index is 13.2. The van der Waals surface area contributed by atoms with Crippen LogP contribution in [0.1, 0.15) is 21.7 Å². The zero-order valence-corrected chi connectivity index (χ0v) is 15.5. The molecule has 0 aliphatic carbocycles. The number of halogens is 2. The molecule has 3 rings (SSSR count). The van der Waals surface area contributed by atoms with Gasteiger partial charge in [-0.15, -0.1) is 10.2 Å². The number of thioether (sulfide) groups is 1. The summed E-state index contributed by atoms with van der Waals surface area (Å²) in [5.74, 6) is -0.965. The summed E-state index contributed by atoms with van der Waals surface area (Å²) in [5.41, 5.74) is 1.27. The Bertz CT molecular complexity index is 931. The number of aromatic nitrogens is 3. The minimum absolute atomic E-state index is 0.0750. The van der Waals surface area contributed by atoms with Crippen LogP contribution >= 0.6 is 11.8 Å². The molecule has 0 saturated carbocycles. The van der Waals surface area contributed by atoms with Crippen LogP contribution < -0.4 is 5.32 Å². The molecule has 140 valence electrons. The lowest BCUT2D eigenvalue weighted by Crippen LogP contribution is -2.26. The highest BCUT2D eigenvalue weighted by Gasteiger charge is 2.12. The van der Waals surface area contributed by atoms with Crippen LogP contribution in [-0.2, 0) is 19.2 Å². The van der Waals surface area contributed by atoms with Crippen molar-refractivity contribution in [2.75, 3.05) is 6.54 Å². The van der Waals surface area contributed by atoms with E-state index in [-0.39, 0.29) is 5.56 Å². The zero-order chi connectivity index (χ0) is 19.2. The van der Waals surface area contributed by atoms with E-state index in [4.69, 9.17) is 0 Å². The third-order valence-electron chi connectivity index (χ3n) is 3.95. The van der Waals surface area contributed by atoms with Gasteiger partial charge in [-0.05, 0) is 23.8 Å². The maximum Gasteiger partial charge on any atom is 0.251 e. The van der Waals surface area contributed by atoms with E-state index in [1.165, 1.54) is 11.6 Å². The van der Waals surface area contributed by atoms with Gasteiger partial charge in [-0.25, -0.2) is 8.78 Å². The molecule has 1 N–H and O–H groups in total. The smallest absolute Gasteiger partial charge is 0.251 e. The van der Waals surface area contributed by atoms with Crippen LogP contribution in [0.5, 0.6) is 0 Å². The lowest BCUT2D eigenvalue weighted by molar-refractivity contribution is 0.0953. The normalized spacial score (nSPS) is 10.8. The molecule has 0 fully saturated rings. The number of nitrogens with zero attached hydrogens (tertiary/aromatic N) is 3. The van der Waals surface area contributed by atoms with Crippen LogP contribution in [0.2, 0.25) is 0 Å². The first kappa shape index (κ1) is 19.0. The number of carbonyl (C=O) groups excluding carboxylic acids is 1. The highest BCUT2D eigenvalue weighted by atomic mass is 32.2. The molecule has 3 aromatic rings. The van der Waals surface area contributed by atoms with Gasteiger partial charge >= 0.3 is 0 Å². The number of nitrogens with one attached hydrogen (secondary N) is 1. The Kier molecular flexibility index (Phi) is 6.18. The fourth-order valence-electron chi connectivity index (χ4n) is 2.44. The molecule has 5 nitrogen and oxygen atoms in total. The van der Waals surface area contributed by atoms with Gasteiger partial charge in [0.15, 0.2) is 16.8 Å². The van der Waals surface area contributed by atoms with Crippen molar-refractivity contribution in [1.29, 1.82) is 0 Å². The number of rotatable bonds is 7. The predicted octanol–water partition coefficient (Wildman–Crippen LogP) is 3.36. The highest BCUT2D eigenvalue weighted by Crippen LogP contribution is 2.20. The van der Waals surface area contributed by atoms with E-state index >= 15 is 0 Å². The Morgan fingerprint density at radius 3 is 2.63 bits per heavy atom. The van der Waals surface area contributed by atoms with Gasteiger partial charge < -0.3 is 9.88 Å². The van der Waals surface area contributed by atoms with E-state index in [1.54, 1.807) is 11.8 Å². The minimum atomic E-state index is -1.05. The van der Waals surface area contributed by atoms with Gasteiger partial charge in [-0.1, -0.05) is 42.1 Å². The number of hydrogen-bond acceptors (Lipinski definition) is 4. The van der Waals surface area contributed by atoms with Gasteiger partial charge in [0.1, 0.15) is 5.82 Å². The molecule has 1 heterocycles. The van der Waals surface area contributed by atoms with Crippen molar-refractivity contribution in [3.05, 3.63) is 77.1 Å². The van der Waals surface area contributed by atoms with Crippen molar-refractivity contribution in [1.82, 2.24) is 20.1 Å². The molecule has 2 aromatic carbocycles. The molecule has 1 amide bonds. The molecule has 0 saturated heterocycles. The SMILES string of the molecule is Cn1c(CCNC(=O)c2ccc(F)c(F)c2)nnc1SCc1ccccc1. The Balaban J connectivity index is 1.52. The molecule has 0 unspecified atom stereocenters. The summed E-state index contributed by atoms with van der Waals surface area (Å²) in [5, 5.41) is 11.8. The topological polar surface area (TPSA) is 59.8 Å². The van der Waals surface area contributed by atoms with Crippen LogP contribution in [0.4, 0.5) is 8.78 Å². The third kappa shape index (κ3) is 4.91. The van der Waals surface area contributed by atoms with Gasteiger partial charge in [0.25, 0.3) is 5.91 Å². The van der Waals surface area contributed by atoms with Crippen LogP contribution in [0.25, 0.3) is 0 Å². The minimum Gasteiger partial charge on any atom is -0.352 e. The monoisotopic (exact) mass is 388 g/mol. The van der Waals surface area contributed by atoms with Gasteiger partial charge in [-0.2, -0.15) is 0 Å². The van der Waals surface area contributed by atoms with E-state index in [0.717, 1.165) is 28.9 Å². The number of hydrogen-bond donors (Lipinski definition) is 1. The Morgan fingerprint density at radius 2 is 1.89 bits per heavy atom. The standard InChI is InChI=1S/C19H18F2N4OS/c1-25-17(23-24-19(25)27-12-13-5-3-2-4-6-13)9-10-22-18(26)14-7-8-15(20)16(21)11-14/h2-8,11H,9-10,12H2,1H3,(H,22,26). The third-order valence-corrected chi connectivity index (χ3v) is 5.04. The van der Waals surface area contributed by atoms with E-state index in [0.29, 0.717) is 13.0 Å². The summed E-state index contributed by atoms with van der Waals surface area (Å²) in [4.78, 5) is 12.0. The van der Waals surface area contributed by atoms with E-state index in [9.17, 15) is 13.6 Å². The lowest BCUT2D eigenvalue weighted by atomic mass is 10.2. The summed E-state index contributed by atoms with van der Waals surface area (Å²) >= 11 is 1.59. The van der Waals surface area contributed by atoms with E-state index in [2.05, 4.69) is 27.6 Å². The van der Waals surface area contributed by atoms with Crippen LogP contribution in [0.15, 0.2) is 53.7 Å². The molecule has 8 heteroatoms. The molecule has 27 heavy (non-hydrogen) atoms. The number of carbonyl (C=O) groups is 1. The fraction of sp³-hybridized carbons (Fsp3) is 0.211.